The molecule has 1 aliphatic heterocycles. The van der Waals surface area contributed by atoms with Crippen LogP contribution in [-0.4, -0.2) is 25.5 Å². The van der Waals surface area contributed by atoms with Gasteiger partial charge in [-0.3, -0.25) is 4.79 Å². The summed E-state index contributed by atoms with van der Waals surface area (Å²) in [6, 6.07) is 17.1. The minimum absolute atomic E-state index is 0.172. The van der Waals surface area contributed by atoms with Gasteiger partial charge in [0, 0.05) is 36.3 Å². The first-order chi connectivity index (χ1) is 16.1. The monoisotopic (exact) mass is 442 g/mol. The molecule has 1 saturated carbocycles. The van der Waals surface area contributed by atoms with Gasteiger partial charge in [-0.25, -0.2) is 0 Å². The Kier molecular flexibility index (Phi) is 7.33. The zero-order valence-corrected chi connectivity index (χ0v) is 19.9. The molecule has 1 aliphatic carbocycles. The highest BCUT2D eigenvalue weighted by Gasteiger charge is 2.45. The summed E-state index contributed by atoms with van der Waals surface area (Å²) in [5, 5.41) is 5.49. The zero-order chi connectivity index (χ0) is 23.2. The predicted molar refractivity (Wildman–Crippen MR) is 139 cm³/mol. The Hall–Kier alpha value is -3.27. The Labute approximate surface area is 197 Å². The molecule has 2 aromatic carbocycles. The first kappa shape index (κ1) is 22.9. The minimum Gasteiger partial charge on any atom is -0.451 e. The smallest absolute Gasteiger partial charge is 0.287 e. The van der Waals surface area contributed by atoms with Crippen molar-refractivity contribution >= 4 is 34.5 Å². The van der Waals surface area contributed by atoms with Crippen LogP contribution in [-0.2, 0) is 0 Å². The van der Waals surface area contributed by atoms with E-state index in [2.05, 4.69) is 59.6 Å². The number of hydrogen-bond acceptors (Lipinski definition) is 3. The normalized spacial score (nSPS) is 19.1. The molecule has 1 N–H and O–H groups in total. The highest BCUT2D eigenvalue weighted by molar-refractivity contribution is 5.94. The first-order valence-corrected chi connectivity index (χ1v) is 12.1. The molecule has 4 nitrogen and oxygen atoms in total. The van der Waals surface area contributed by atoms with Crippen LogP contribution in [0.15, 0.2) is 65.1 Å². The fraction of sp³-hybridized carbons (Fsp3) is 0.345. The van der Waals surface area contributed by atoms with Crippen LogP contribution in [0.3, 0.4) is 0 Å². The van der Waals surface area contributed by atoms with Gasteiger partial charge in [-0.1, -0.05) is 61.5 Å². The maximum atomic E-state index is 11.6. The number of nitrogens with zero attached hydrogens (tertiary/aromatic N) is 1. The lowest BCUT2D eigenvalue weighted by atomic mass is 10.1. The molecular formula is C29H34N2O2. The van der Waals surface area contributed by atoms with E-state index < -0.39 is 0 Å². The number of nitrogens with one attached hydrogen (secondary N) is 1. The maximum Gasteiger partial charge on any atom is 0.287 e. The van der Waals surface area contributed by atoms with Crippen LogP contribution in [0.1, 0.15) is 55.5 Å². The largest absolute Gasteiger partial charge is 0.451 e. The summed E-state index contributed by atoms with van der Waals surface area (Å²) in [7, 11) is 0. The number of carbonyl (C=O) groups excluding carboxylic acids is 1. The number of anilines is 1. The Morgan fingerprint density at radius 1 is 1.09 bits per heavy atom. The lowest BCUT2D eigenvalue weighted by Crippen LogP contribution is -2.21. The van der Waals surface area contributed by atoms with Gasteiger partial charge in [0.2, 0.25) is 0 Å². The molecule has 2 atom stereocenters. The molecule has 2 heterocycles. The van der Waals surface area contributed by atoms with Gasteiger partial charge < -0.3 is 14.6 Å². The van der Waals surface area contributed by atoms with Crippen molar-refractivity contribution in [3.63, 3.8) is 0 Å². The van der Waals surface area contributed by atoms with E-state index in [1.54, 1.807) is 6.07 Å². The van der Waals surface area contributed by atoms with Crippen LogP contribution >= 0.6 is 0 Å². The van der Waals surface area contributed by atoms with Crippen molar-refractivity contribution in [1.82, 2.24) is 5.32 Å². The van der Waals surface area contributed by atoms with E-state index in [0.717, 1.165) is 29.6 Å². The van der Waals surface area contributed by atoms with Gasteiger partial charge in [-0.15, -0.1) is 0 Å². The lowest BCUT2D eigenvalue weighted by Gasteiger charge is -2.22. The van der Waals surface area contributed by atoms with E-state index in [1.165, 1.54) is 36.0 Å². The molecule has 2 fully saturated rings. The Bertz CT molecular complexity index is 1140. The van der Waals surface area contributed by atoms with Gasteiger partial charge in [0.1, 0.15) is 5.76 Å². The van der Waals surface area contributed by atoms with Crippen molar-refractivity contribution in [2.75, 3.05) is 24.5 Å². The van der Waals surface area contributed by atoms with E-state index in [1.807, 2.05) is 38.2 Å². The van der Waals surface area contributed by atoms with Crippen LogP contribution in [0.2, 0.25) is 0 Å². The molecule has 3 aromatic rings. The van der Waals surface area contributed by atoms with Crippen molar-refractivity contribution in [1.29, 1.82) is 0 Å². The number of furan rings is 1. The van der Waals surface area contributed by atoms with Crippen molar-refractivity contribution in [2.24, 2.45) is 11.8 Å². The summed E-state index contributed by atoms with van der Waals surface area (Å²) >= 11 is 0. The summed E-state index contributed by atoms with van der Waals surface area (Å²) in [5.41, 5.74) is 2.36. The Morgan fingerprint density at radius 2 is 1.85 bits per heavy atom. The number of carbonyl (C=O) groups is 1. The number of rotatable bonds is 6. The quantitative estimate of drug-likeness (QED) is 0.457. The average Bonchev–Trinajstić information content (AvgIpc) is 3.24. The molecule has 33 heavy (non-hydrogen) atoms. The van der Waals surface area contributed by atoms with Crippen molar-refractivity contribution in [3.8, 4) is 0 Å². The number of piperidine rings is 1. The van der Waals surface area contributed by atoms with Gasteiger partial charge in [-0.2, -0.15) is 0 Å². The topological polar surface area (TPSA) is 45.5 Å². The zero-order valence-electron chi connectivity index (χ0n) is 19.9. The maximum absolute atomic E-state index is 11.6. The lowest BCUT2D eigenvalue weighted by molar-refractivity contribution is 0.0928. The third-order valence-electron chi connectivity index (χ3n) is 6.29. The number of benzene rings is 2. The molecular weight excluding hydrogens is 408 g/mol. The second-order valence-electron chi connectivity index (χ2n) is 8.76. The molecule has 0 bridgehead atoms. The second kappa shape index (κ2) is 10.6. The van der Waals surface area contributed by atoms with Gasteiger partial charge in [-0.05, 0) is 62.1 Å². The van der Waals surface area contributed by atoms with E-state index in [9.17, 15) is 4.79 Å². The van der Waals surface area contributed by atoms with Crippen LogP contribution < -0.4 is 10.2 Å². The summed E-state index contributed by atoms with van der Waals surface area (Å²) in [4.78, 5) is 14.2. The third kappa shape index (κ3) is 5.39. The summed E-state index contributed by atoms with van der Waals surface area (Å²) in [5.74, 6) is 2.91. The third-order valence-corrected chi connectivity index (χ3v) is 6.29. The molecule has 2 unspecified atom stereocenters. The molecule has 1 aromatic heterocycles. The fourth-order valence-electron chi connectivity index (χ4n) is 4.52. The molecule has 0 spiro atoms. The van der Waals surface area contributed by atoms with Crippen LogP contribution in [0.25, 0.3) is 22.9 Å². The van der Waals surface area contributed by atoms with Crippen LogP contribution in [0, 0.1) is 11.8 Å². The SMILES string of the molecule is C/C=C\c1cc(C(=O)NCC)oc1/C=C/CC.c1ccc2c(N3CC4CC4C3)cccc2c1. The second-order valence-corrected chi connectivity index (χ2v) is 8.76. The highest BCUT2D eigenvalue weighted by Crippen LogP contribution is 2.47. The number of fused-ring (bicyclic) bond motifs is 2. The number of amides is 1. The molecule has 0 radical (unpaired) electrons. The van der Waals surface area contributed by atoms with Crippen LogP contribution in [0.4, 0.5) is 5.69 Å². The molecule has 172 valence electrons. The molecule has 1 saturated heterocycles. The van der Waals surface area contributed by atoms with Crippen molar-refractivity contribution in [2.45, 2.75) is 33.6 Å². The Balaban J connectivity index is 0.000000157. The number of allylic oxidation sites excluding steroid dienone is 2. The Morgan fingerprint density at radius 3 is 2.58 bits per heavy atom. The highest BCUT2D eigenvalue weighted by atomic mass is 16.3. The minimum atomic E-state index is -0.172. The van der Waals surface area contributed by atoms with E-state index >= 15 is 0 Å². The molecule has 4 heteroatoms. The summed E-state index contributed by atoms with van der Waals surface area (Å²) < 4.78 is 5.53. The van der Waals surface area contributed by atoms with E-state index in [0.29, 0.717) is 12.3 Å². The molecule has 2 aliphatic rings. The van der Waals surface area contributed by atoms with E-state index in [-0.39, 0.29) is 5.91 Å². The van der Waals surface area contributed by atoms with Gasteiger partial charge >= 0.3 is 0 Å². The van der Waals surface area contributed by atoms with Crippen molar-refractivity contribution < 1.29 is 9.21 Å². The predicted octanol–water partition coefficient (Wildman–Crippen LogP) is 6.78. The van der Waals surface area contributed by atoms with E-state index in [4.69, 9.17) is 4.42 Å². The molecule has 1 amide bonds. The standard InChI is InChI=1S/C15H15N.C14H19NO2/c1-2-6-14-11(4-1)5-3-7-15(14)16-9-12-8-13(12)10-16;1-4-7-9-12-11(8-5-2)10-13(17-12)14(16)15-6-3/h1-7,12-13H,8-10H2;5,7-10H,4,6H2,1-3H3,(H,15,16)/b;8-5-,9-7+. The van der Waals surface area contributed by atoms with Crippen LogP contribution in [0.5, 0.6) is 0 Å². The first-order valence-electron chi connectivity index (χ1n) is 12.1. The van der Waals surface area contributed by atoms with Gasteiger partial charge in [0.25, 0.3) is 5.91 Å². The molecule has 5 rings (SSSR count). The summed E-state index contributed by atoms with van der Waals surface area (Å²) in [6.45, 7) is 9.02. The van der Waals surface area contributed by atoms with Gasteiger partial charge in [0.05, 0.1) is 0 Å². The summed E-state index contributed by atoms with van der Waals surface area (Å²) in [6.07, 6.45) is 10.2. The van der Waals surface area contributed by atoms with Gasteiger partial charge in [0.15, 0.2) is 5.76 Å². The number of hydrogen-bond donors (Lipinski definition) is 1. The fourth-order valence-corrected chi connectivity index (χ4v) is 4.52. The van der Waals surface area contributed by atoms with Crippen molar-refractivity contribution in [3.05, 3.63) is 77.8 Å². The average molecular weight is 443 g/mol.